The lowest BCUT2D eigenvalue weighted by Gasteiger charge is -2.22. The Balaban J connectivity index is 1.44. The Morgan fingerprint density at radius 1 is 0.895 bits per heavy atom. The lowest BCUT2D eigenvalue weighted by molar-refractivity contribution is -0.116. The van der Waals surface area contributed by atoms with Gasteiger partial charge in [-0.2, -0.15) is 4.31 Å². The van der Waals surface area contributed by atoms with Gasteiger partial charge < -0.3 is 9.88 Å². The van der Waals surface area contributed by atoms with Crippen LogP contribution in [0.4, 0.5) is 5.69 Å². The number of aryl methyl sites for hydroxylation is 2. The highest BCUT2D eigenvalue weighted by atomic mass is 35.5. The zero-order valence-corrected chi connectivity index (χ0v) is 22.8. The second-order valence-electron chi connectivity index (χ2n) is 9.25. The molecule has 0 atom stereocenters. The van der Waals surface area contributed by atoms with Crippen LogP contribution in [0, 0.1) is 6.92 Å². The van der Waals surface area contributed by atoms with Gasteiger partial charge in [0.2, 0.25) is 15.9 Å². The van der Waals surface area contributed by atoms with Gasteiger partial charge in [0.25, 0.3) is 0 Å². The quantitative estimate of drug-likeness (QED) is 0.238. The first-order chi connectivity index (χ1) is 18.3. The van der Waals surface area contributed by atoms with Crippen LogP contribution in [0.1, 0.15) is 18.1 Å². The summed E-state index contributed by atoms with van der Waals surface area (Å²) in [7, 11) is -3.97. The maximum Gasteiger partial charge on any atom is 0.243 e. The number of hydrogen-bond donors (Lipinski definition) is 1. The molecule has 0 radical (unpaired) electrons. The molecule has 38 heavy (non-hydrogen) atoms. The highest BCUT2D eigenvalue weighted by molar-refractivity contribution is 7.89. The molecule has 0 bridgehead atoms. The van der Waals surface area contributed by atoms with Crippen LogP contribution in [0.25, 0.3) is 21.8 Å². The highest BCUT2D eigenvalue weighted by Gasteiger charge is 2.27. The summed E-state index contributed by atoms with van der Waals surface area (Å²) in [5.41, 5.74) is 4.68. The number of amides is 1. The van der Waals surface area contributed by atoms with Crippen LogP contribution in [-0.2, 0) is 27.9 Å². The molecule has 0 aliphatic rings. The number of benzene rings is 4. The second kappa shape index (κ2) is 10.6. The number of aromatic nitrogens is 1. The van der Waals surface area contributed by atoms with Crippen molar-refractivity contribution in [2.75, 3.05) is 11.9 Å². The molecule has 6 nitrogen and oxygen atoms in total. The number of anilines is 1. The van der Waals surface area contributed by atoms with E-state index in [2.05, 4.69) is 28.9 Å². The Kier molecular flexibility index (Phi) is 7.25. The van der Waals surface area contributed by atoms with Crippen LogP contribution >= 0.6 is 11.6 Å². The van der Waals surface area contributed by atoms with Crippen LogP contribution in [-0.4, -0.2) is 29.7 Å². The molecule has 5 aromatic rings. The second-order valence-corrected chi connectivity index (χ2v) is 11.6. The van der Waals surface area contributed by atoms with Crippen molar-refractivity contribution in [3.05, 3.63) is 107 Å². The molecule has 0 aliphatic carbocycles. The number of sulfonamides is 1. The fourth-order valence-electron chi connectivity index (χ4n) is 4.71. The predicted molar refractivity (Wildman–Crippen MR) is 154 cm³/mol. The van der Waals surface area contributed by atoms with Crippen molar-refractivity contribution in [1.29, 1.82) is 0 Å². The molecule has 5 rings (SSSR count). The fourth-order valence-corrected chi connectivity index (χ4v) is 6.22. The average molecular weight is 546 g/mol. The van der Waals surface area contributed by atoms with Crippen molar-refractivity contribution >= 4 is 55.0 Å². The summed E-state index contributed by atoms with van der Waals surface area (Å²) < 4.78 is 30.5. The zero-order valence-electron chi connectivity index (χ0n) is 21.2. The summed E-state index contributed by atoms with van der Waals surface area (Å²) in [5, 5.41) is 5.48. The van der Waals surface area contributed by atoms with Gasteiger partial charge in [0.15, 0.2) is 0 Å². The first-order valence-corrected chi connectivity index (χ1v) is 14.2. The van der Waals surface area contributed by atoms with Gasteiger partial charge in [-0.05, 0) is 67.9 Å². The summed E-state index contributed by atoms with van der Waals surface area (Å²) in [6, 6.07) is 27.5. The third-order valence-corrected chi connectivity index (χ3v) is 8.68. The fraction of sp³-hybridized carbons (Fsp3) is 0.167. The van der Waals surface area contributed by atoms with Crippen molar-refractivity contribution < 1.29 is 13.2 Å². The molecule has 0 saturated heterocycles. The molecule has 0 fully saturated rings. The Bertz CT molecular complexity index is 1730. The van der Waals surface area contributed by atoms with Crippen LogP contribution in [0.3, 0.4) is 0 Å². The summed E-state index contributed by atoms with van der Waals surface area (Å²) in [6.45, 7) is 4.61. The van der Waals surface area contributed by atoms with Gasteiger partial charge in [0.1, 0.15) is 0 Å². The van der Waals surface area contributed by atoms with Gasteiger partial charge in [0, 0.05) is 45.6 Å². The molecule has 0 unspecified atom stereocenters. The van der Waals surface area contributed by atoms with E-state index in [1.165, 1.54) is 28.6 Å². The monoisotopic (exact) mass is 545 g/mol. The van der Waals surface area contributed by atoms with Gasteiger partial charge in [-0.1, -0.05) is 59.6 Å². The number of fused-ring (bicyclic) bond motifs is 3. The molecule has 194 valence electrons. The molecular formula is C30H28ClN3O3S. The molecule has 0 spiro atoms. The topological polar surface area (TPSA) is 71.4 Å². The Labute approximate surface area is 227 Å². The first kappa shape index (κ1) is 26.0. The Morgan fingerprint density at radius 2 is 1.58 bits per heavy atom. The van der Waals surface area contributed by atoms with Gasteiger partial charge in [-0.3, -0.25) is 4.79 Å². The van der Waals surface area contributed by atoms with Crippen LogP contribution in [0.5, 0.6) is 0 Å². The lowest BCUT2D eigenvalue weighted by Crippen LogP contribution is -2.37. The summed E-state index contributed by atoms with van der Waals surface area (Å²) >= 11 is 5.98. The minimum absolute atomic E-state index is 0.0572. The van der Waals surface area contributed by atoms with E-state index in [4.69, 9.17) is 11.6 Å². The predicted octanol–water partition coefficient (Wildman–Crippen LogP) is 6.61. The van der Waals surface area contributed by atoms with Crippen LogP contribution in [0.15, 0.2) is 95.9 Å². The van der Waals surface area contributed by atoms with Gasteiger partial charge >= 0.3 is 0 Å². The molecule has 0 saturated carbocycles. The number of rotatable bonds is 8. The van der Waals surface area contributed by atoms with E-state index in [1.807, 2.05) is 61.5 Å². The molecular weight excluding hydrogens is 518 g/mol. The maximum absolute atomic E-state index is 13.6. The van der Waals surface area contributed by atoms with Crippen molar-refractivity contribution in [2.24, 2.45) is 0 Å². The molecule has 1 amide bonds. The third-order valence-electron chi connectivity index (χ3n) is 6.62. The molecule has 0 aliphatic heterocycles. The third kappa shape index (κ3) is 5.18. The van der Waals surface area contributed by atoms with E-state index in [-0.39, 0.29) is 18.0 Å². The highest BCUT2D eigenvalue weighted by Crippen LogP contribution is 2.31. The molecule has 8 heteroatoms. The molecule has 1 heterocycles. The SMILES string of the molecule is CCn1c2ccccc2c2cc(NC(=O)CN(Cc3ccc(C)cc3)S(=O)(=O)c3ccc(Cl)cc3)ccc21. The van der Waals surface area contributed by atoms with E-state index in [1.54, 1.807) is 0 Å². The minimum atomic E-state index is -3.97. The van der Waals surface area contributed by atoms with Gasteiger partial charge in [-0.25, -0.2) is 8.42 Å². The molecule has 1 aromatic heterocycles. The average Bonchev–Trinajstić information content (AvgIpc) is 3.22. The summed E-state index contributed by atoms with van der Waals surface area (Å²) in [6.07, 6.45) is 0. The number of para-hydroxylation sites is 1. The maximum atomic E-state index is 13.6. The van der Waals surface area contributed by atoms with Gasteiger partial charge in [0.05, 0.1) is 11.4 Å². The standard InChI is InChI=1S/C30H28ClN3O3S/c1-3-34-28-7-5-4-6-26(28)27-18-24(14-17-29(27)34)32-30(35)20-33(19-22-10-8-21(2)9-11-22)38(36,37)25-15-12-23(31)13-16-25/h4-18H,3,19-20H2,1-2H3,(H,32,35). The number of hydrogen-bond acceptors (Lipinski definition) is 3. The van der Waals surface area contributed by atoms with Crippen molar-refractivity contribution in [3.8, 4) is 0 Å². The summed E-state index contributed by atoms with van der Waals surface area (Å²) in [4.78, 5) is 13.3. The Morgan fingerprint density at radius 3 is 2.29 bits per heavy atom. The van der Waals surface area contributed by atoms with E-state index in [0.717, 1.165) is 39.5 Å². The molecule has 4 aromatic carbocycles. The normalized spacial score (nSPS) is 11.9. The number of nitrogens with zero attached hydrogens (tertiary/aromatic N) is 2. The van der Waals surface area contributed by atoms with Crippen LogP contribution < -0.4 is 5.32 Å². The smallest absolute Gasteiger partial charge is 0.243 e. The first-order valence-electron chi connectivity index (χ1n) is 12.4. The van der Waals surface area contributed by atoms with Crippen molar-refractivity contribution in [3.63, 3.8) is 0 Å². The number of nitrogens with one attached hydrogen (secondary N) is 1. The van der Waals surface area contributed by atoms with Crippen molar-refractivity contribution in [1.82, 2.24) is 8.87 Å². The molecule has 1 N–H and O–H groups in total. The van der Waals surface area contributed by atoms with E-state index < -0.39 is 15.9 Å². The van der Waals surface area contributed by atoms with Gasteiger partial charge in [-0.15, -0.1) is 0 Å². The largest absolute Gasteiger partial charge is 0.341 e. The van der Waals surface area contributed by atoms with E-state index in [0.29, 0.717) is 10.7 Å². The number of carbonyl (C=O) groups is 1. The number of halogens is 1. The van der Waals surface area contributed by atoms with E-state index in [9.17, 15) is 13.2 Å². The van der Waals surface area contributed by atoms with Crippen LogP contribution in [0.2, 0.25) is 5.02 Å². The zero-order chi connectivity index (χ0) is 26.9. The summed E-state index contributed by atoms with van der Waals surface area (Å²) in [5.74, 6) is -0.423. The lowest BCUT2D eigenvalue weighted by atomic mass is 10.1. The van der Waals surface area contributed by atoms with E-state index >= 15 is 0 Å². The minimum Gasteiger partial charge on any atom is -0.341 e. The number of carbonyl (C=O) groups excluding carboxylic acids is 1. The van der Waals surface area contributed by atoms with Crippen molar-refractivity contribution in [2.45, 2.75) is 31.8 Å². The Hall–Kier alpha value is -3.65.